The normalized spacial score (nSPS) is 11.5. The van der Waals surface area contributed by atoms with Gasteiger partial charge in [0.05, 0.1) is 12.0 Å². The fourth-order valence-electron chi connectivity index (χ4n) is 2.15. The second kappa shape index (κ2) is 16.3. The summed E-state index contributed by atoms with van der Waals surface area (Å²) in [5.74, 6) is -1.43. The standard InChI is InChI=1S/C16H31NO3.Na/c1-3-4-5-6-7-8-9-10-11-12-13-15(18)17-14(2)16(19)20;/h14H,3-13H2,1-2H3,(H,17,18)(H,19,20);/q;+1/p-1/t14-;/m0./s1. The van der Waals surface area contributed by atoms with Gasteiger partial charge in [0.25, 0.3) is 0 Å². The van der Waals surface area contributed by atoms with E-state index < -0.39 is 12.0 Å². The quantitative estimate of drug-likeness (QED) is 0.370. The van der Waals surface area contributed by atoms with Crippen LogP contribution in [0.25, 0.3) is 0 Å². The zero-order chi connectivity index (χ0) is 15.2. The van der Waals surface area contributed by atoms with E-state index in [-0.39, 0.29) is 35.5 Å². The van der Waals surface area contributed by atoms with Gasteiger partial charge in [0.15, 0.2) is 0 Å². The summed E-state index contributed by atoms with van der Waals surface area (Å²) in [6.45, 7) is 3.65. The summed E-state index contributed by atoms with van der Waals surface area (Å²) in [5.41, 5.74) is 0. The number of amides is 1. The monoisotopic (exact) mass is 307 g/mol. The van der Waals surface area contributed by atoms with Crippen molar-refractivity contribution in [2.75, 3.05) is 0 Å². The molecule has 0 aromatic rings. The van der Waals surface area contributed by atoms with Crippen LogP contribution < -0.4 is 40.0 Å². The molecule has 5 heteroatoms. The van der Waals surface area contributed by atoms with Crippen molar-refractivity contribution >= 4 is 11.9 Å². The molecule has 0 unspecified atom stereocenters. The molecular weight excluding hydrogens is 277 g/mol. The van der Waals surface area contributed by atoms with Gasteiger partial charge in [-0.1, -0.05) is 64.7 Å². The SMILES string of the molecule is CCCCCCCCCCCCC(=O)N[C@@H](C)C(=O)[O-].[Na+]. The molecule has 0 heterocycles. The molecule has 0 radical (unpaired) electrons. The molecule has 0 spiro atoms. The minimum Gasteiger partial charge on any atom is -0.548 e. The van der Waals surface area contributed by atoms with Crippen LogP contribution in [0.4, 0.5) is 0 Å². The Morgan fingerprint density at radius 3 is 1.76 bits per heavy atom. The molecule has 21 heavy (non-hydrogen) atoms. The van der Waals surface area contributed by atoms with Crippen molar-refractivity contribution in [2.45, 2.75) is 90.5 Å². The van der Waals surface area contributed by atoms with Gasteiger partial charge in [0, 0.05) is 6.42 Å². The van der Waals surface area contributed by atoms with Crippen LogP contribution in [-0.4, -0.2) is 17.9 Å². The van der Waals surface area contributed by atoms with E-state index in [0.717, 1.165) is 19.3 Å². The Bertz CT molecular complexity index is 272. The number of aliphatic carboxylic acids is 1. The summed E-state index contributed by atoms with van der Waals surface area (Å²) in [7, 11) is 0. The molecule has 0 rings (SSSR count). The van der Waals surface area contributed by atoms with E-state index in [1.54, 1.807) is 0 Å². The third-order valence-corrected chi connectivity index (χ3v) is 3.49. The molecule has 118 valence electrons. The predicted molar refractivity (Wildman–Crippen MR) is 79.1 cm³/mol. The summed E-state index contributed by atoms with van der Waals surface area (Å²) in [5, 5.41) is 12.9. The molecule has 0 aliphatic carbocycles. The van der Waals surface area contributed by atoms with Gasteiger partial charge < -0.3 is 15.2 Å². The average molecular weight is 307 g/mol. The van der Waals surface area contributed by atoms with Crippen molar-refractivity contribution < 1.29 is 44.3 Å². The van der Waals surface area contributed by atoms with Crippen molar-refractivity contribution in [3.8, 4) is 0 Å². The van der Waals surface area contributed by atoms with E-state index >= 15 is 0 Å². The maximum Gasteiger partial charge on any atom is 1.00 e. The van der Waals surface area contributed by atoms with Gasteiger partial charge in [-0.15, -0.1) is 0 Å². The van der Waals surface area contributed by atoms with Crippen LogP contribution in [0.15, 0.2) is 0 Å². The van der Waals surface area contributed by atoms with E-state index in [4.69, 9.17) is 0 Å². The number of hydrogen-bond acceptors (Lipinski definition) is 3. The zero-order valence-corrected chi connectivity index (χ0v) is 16.1. The van der Waals surface area contributed by atoms with Gasteiger partial charge in [-0.2, -0.15) is 0 Å². The largest absolute Gasteiger partial charge is 1.00 e. The number of carbonyl (C=O) groups is 2. The fraction of sp³-hybridized carbons (Fsp3) is 0.875. The van der Waals surface area contributed by atoms with E-state index in [9.17, 15) is 14.7 Å². The van der Waals surface area contributed by atoms with E-state index in [1.165, 1.54) is 51.9 Å². The molecule has 1 amide bonds. The van der Waals surface area contributed by atoms with Gasteiger partial charge in [0.1, 0.15) is 0 Å². The van der Waals surface area contributed by atoms with Gasteiger partial charge in [-0.25, -0.2) is 0 Å². The van der Waals surface area contributed by atoms with E-state index in [2.05, 4.69) is 12.2 Å². The Morgan fingerprint density at radius 1 is 0.905 bits per heavy atom. The first-order valence-corrected chi connectivity index (χ1v) is 8.08. The molecule has 0 saturated heterocycles. The van der Waals surface area contributed by atoms with E-state index in [0.29, 0.717) is 6.42 Å². The van der Waals surface area contributed by atoms with Crippen LogP contribution >= 0.6 is 0 Å². The molecule has 1 atom stereocenters. The van der Waals surface area contributed by atoms with Crippen molar-refractivity contribution in [1.29, 1.82) is 0 Å². The topological polar surface area (TPSA) is 69.2 Å². The summed E-state index contributed by atoms with van der Waals surface area (Å²) in [4.78, 5) is 21.8. The first-order valence-electron chi connectivity index (χ1n) is 8.08. The fourth-order valence-corrected chi connectivity index (χ4v) is 2.15. The first kappa shape index (κ1) is 23.2. The Labute approximate surface area is 151 Å². The molecule has 0 aliphatic rings. The second-order valence-corrected chi connectivity index (χ2v) is 5.54. The number of carboxylic acids is 1. The third kappa shape index (κ3) is 16.1. The van der Waals surface area contributed by atoms with Crippen LogP contribution in [-0.2, 0) is 9.59 Å². The maximum atomic E-state index is 11.4. The molecule has 1 N–H and O–H groups in total. The van der Waals surface area contributed by atoms with Crippen LogP contribution in [0.2, 0.25) is 0 Å². The summed E-state index contributed by atoms with van der Waals surface area (Å²) < 4.78 is 0. The second-order valence-electron chi connectivity index (χ2n) is 5.54. The van der Waals surface area contributed by atoms with Crippen molar-refractivity contribution in [3.05, 3.63) is 0 Å². The Kier molecular flexibility index (Phi) is 18.0. The molecule has 0 aromatic carbocycles. The van der Waals surface area contributed by atoms with Crippen molar-refractivity contribution in [2.24, 2.45) is 0 Å². The molecular formula is C16H30NNaO3. The van der Waals surface area contributed by atoms with Crippen LogP contribution in [0, 0.1) is 0 Å². The van der Waals surface area contributed by atoms with Crippen LogP contribution in [0.3, 0.4) is 0 Å². The smallest absolute Gasteiger partial charge is 0.548 e. The zero-order valence-electron chi connectivity index (χ0n) is 14.1. The van der Waals surface area contributed by atoms with Gasteiger partial charge >= 0.3 is 29.6 Å². The molecule has 0 fully saturated rings. The number of rotatable bonds is 13. The summed E-state index contributed by atoms with van der Waals surface area (Å²) in [6.07, 6.45) is 12.6. The van der Waals surface area contributed by atoms with Gasteiger partial charge in [-0.3, -0.25) is 4.79 Å². The Balaban J connectivity index is 0. The number of carboxylic acid groups (broad SMARTS) is 1. The van der Waals surface area contributed by atoms with Gasteiger partial charge in [0.2, 0.25) is 5.91 Å². The number of hydrogen-bond donors (Lipinski definition) is 1. The molecule has 4 nitrogen and oxygen atoms in total. The number of unbranched alkanes of at least 4 members (excludes halogenated alkanes) is 9. The molecule has 0 bridgehead atoms. The number of carbonyl (C=O) groups excluding carboxylic acids is 2. The Morgan fingerprint density at radius 2 is 1.33 bits per heavy atom. The summed E-state index contributed by atoms with van der Waals surface area (Å²) in [6, 6.07) is -0.898. The van der Waals surface area contributed by atoms with Crippen LogP contribution in [0.5, 0.6) is 0 Å². The summed E-state index contributed by atoms with van der Waals surface area (Å²) >= 11 is 0. The van der Waals surface area contributed by atoms with Crippen molar-refractivity contribution in [1.82, 2.24) is 5.32 Å². The minimum atomic E-state index is -1.23. The van der Waals surface area contributed by atoms with Gasteiger partial charge in [-0.05, 0) is 13.3 Å². The first-order chi connectivity index (χ1) is 9.57. The van der Waals surface area contributed by atoms with Crippen molar-refractivity contribution in [3.63, 3.8) is 0 Å². The Hall–Kier alpha value is -0.0600. The van der Waals surface area contributed by atoms with Crippen LogP contribution in [0.1, 0.15) is 84.5 Å². The van der Waals surface area contributed by atoms with E-state index in [1.807, 2.05) is 0 Å². The molecule has 0 aliphatic heterocycles. The molecule has 0 aromatic heterocycles. The third-order valence-electron chi connectivity index (χ3n) is 3.49. The minimum absolute atomic E-state index is 0. The average Bonchev–Trinajstić information content (AvgIpc) is 2.40. The predicted octanol–water partition coefficient (Wildman–Crippen LogP) is -0.444. The number of nitrogens with one attached hydrogen (secondary N) is 1. The maximum absolute atomic E-state index is 11.4. The molecule has 0 saturated carbocycles.